The van der Waals surface area contributed by atoms with Crippen LogP contribution in [0.2, 0.25) is 5.02 Å². The number of thiophene rings is 1. The van der Waals surface area contributed by atoms with E-state index in [1.165, 1.54) is 27.4 Å². The summed E-state index contributed by atoms with van der Waals surface area (Å²) in [6.07, 6.45) is 1.96. The molecule has 3 aliphatic rings. The molecule has 1 N–H and O–H groups in total. The Labute approximate surface area is 317 Å². The lowest BCUT2D eigenvalue weighted by molar-refractivity contribution is -0.129. The molecule has 2 fully saturated rings. The molecule has 5 heterocycles. The van der Waals surface area contributed by atoms with Crippen LogP contribution in [0.15, 0.2) is 94.0 Å². The fraction of sp³-hybridized carbons (Fsp3) is 0.275. The van der Waals surface area contributed by atoms with Gasteiger partial charge in [-0.3, -0.25) is 14.3 Å². The number of allylic oxidation sites excluding steroid dienone is 2. The summed E-state index contributed by atoms with van der Waals surface area (Å²) in [5.74, 6) is -2.00. The lowest BCUT2D eigenvalue weighted by Gasteiger charge is -2.47. The molecule has 12 nitrogen and oxygen atoms in total. The SMILES string of the molecule is Cc1c(-c2cc(N3C(=O)C4CC5C(=CCn6c(=O)n(C)c(=O)n65)C(c5ccc(OCc6ccccc6)cc5O)C4(C)C3=O)n(C)n2)sc2ccc(Cl)cc12. The molecule has 3 aromatic heterocycles. The zero-order valence-corrected chi connectivity index (χ0v) is 31.4. The molecule has 3 aromatic carbocycles. The Bertz CT molecular complexity index is 2720. The number of amides is 2. The first-order valence-corrected chi connectivity index (χ1v) is 18.8. The fourth-order valence-corrected chi connectivity index (χ4v) is 10.1. The van der Waals surface area contributed by atoms with Gasteiger partial charge in [-0.05, 0) is 66.6 Å². The number of hydrogen-bond donors (Lipinski definition) is 1. The van der Waals surface area contributed by atoms with Crippen LogP contribution in [0, 0.1) is 18.3 Å². The van der Waals surface area contributed by atoms with Gasteiger partial charge in [0.25, 0.3) is 0 Å². The van der Waals surface area contributed by atoms with Crippen LogP contribution in [0.4, 0.5) is 5.82 Å². The van der Waals surface area contributed by atoms with Crippen molar-refractivity contribution >= 4 is 50.7 Å². The first kappa shape index (κ1) is 34.1. The van der Waals surface area contributed by atoms with Crippen molar-refractivity contribution in [3.63, 3.8) is 0 Å². The number of aryl methyl sites for hydroxylation is 2. The number of rotatable bonds is 6. The summed E-state index contributed by atoms with van der Waals surface area (Å²) in [7, 11) is 3.12. The number of benzene rings is 3. The number of hydrogen-bond acceptors (Lipinski definition) is 8. The van der Waals surface area contributed by atoms with E-state index < -0.39 is 46.5 Å². The third-order valence-electron chi connectivity index (χ3n) is 11.5. The Morgan fingerprint density at radius 1 is 1.00 bits per heavy atom. The van der Waals surface area contributed by atoms with Gasteiger partial charge >= 0.3 is 11.4 Å². The van der Waals surface area contributed by atoms with E-state index in [1.54, 1.807) is 48.2 Å². The molecule has 2 amide bonds. The molecular weight excluding hydrogens is 728 g/mol. The molecule has 4 atom stereocenters. The maximum absolute atomic E-state index is 15.1. The predicted octanol–water partition coefficient (Wildman–Crippen LogP) is 6.07. The number of aromatic hydroxyl groups is 1. The zero-order chi connectivity index (χ0) is 37.8. The smallest absolute Gasteiger partial charge is 0.347 e. The molecule has 1 aliphatic carbocycles. The summed E-state index contributed by atoms with van der Waals surface area (Å²) < 4.78 is 12.4. The van der Waals surface area contributed by atoms with Gasteiger partial charge in [-0.1, -0.05) is 54.1 Å². The maximum atomic E-state index is 15.1. The van der Waals surface area contributed by atoms with E-state index >= 15 is 4.79 Å². The van der Waals surface area contributed by atoms with Crippen molar-refractivity contribution in [3.8, 4) is 22.1 Å². The van der Waals surface area contributed by atoms with Gasteiger partial charge in [0.05, 0.1) is 28.8 Å². The number of phenolic OH excluding ortho intramolecular Hbond substituents is 1. The van der Waals surface area contributed by atoms with Crippen LogP contribution in [0.5, 0.6) is 11.5 Å². The predicted molar refractivity (Wildman–Crippen MR) is 205 cm³/mol. The van der Waals surface area contributed by atoms with Gasteiger partial charge < -0.3 is 9.84 Å². The van der Waals surface area contributed by atoms with E-state index in [0.717, 1.165) is 30.7 Å². The molecule has 6 aromatic rings. The summed E-state index contributed by atoms with van der Waals surface area (Å²) in [4.78, 5) is 58.6. The Kier molecular flexibility index (Phi) is 7.70. The fourth-order valence-electron chi connectivity index (χ4n) is 8.76. The number of nitrogens with zero attached hydrogens (tertiary/aromatic N) is 6. The van der Waals surface area contributed by atoms with Crippen LogP contribution < -0.4 is 21.0 Å². The van der Waals surface area contributed by atoms with Crippen molar-refractivity contribution in [3.05, 3.63) is 127 Å². The van der Waals surface area contributed by atoms with Crippen molar-refractivity contribution < 1.29 is 19.4 Å². The van der Waals surface area contributed by atoms with E-state index in [0.29, 0.717) is 33.4 Å². The summed E-state index contributed by atoms with van der Waals surface area (Å²) in [6, 6.07) is 21.4. The Morgan fingerprint density at radius 2 is 1.78 bits per heavy atom. The molecule has 1 saturated heterocycles. The average molecular weight is 763 g/mol. The average Bonchev–Trinajstić information content (AvgIpc) is 3.82. The molecule has 0 bridgehead atoms. The number of imide groups is 1. The third kappa shape index (κ3) is 4.84. The van der Waals surface area contributed by atoms with Gasteiger partial charge in [-0.15, -0.1) is 11.3 Å². The number of fused-ring (bicyclic) bond motifs is 5. The molecule has 54 heavy (non-hydrogen) atoms. The minimum Gasteiger partial charge on any atom is -0.508 e. The summed E-state index contributed by atoms with van der Waals surface area (Å²) >= 11 is 7.86. The van der Waals surface area contributed by atoms with Crippen molar-refractivity contribution in [2.45, 2.75) is 45.4 Å². The highest BCUT2D eigenvalue weighted by molar-refractivity contribution is 7.22. The number of phenols is 1. The number of aromatic nitrogens is 5. The van der Waals surface area contributed by atoms with Gasteiger partial charge in [0.2, 0.25) is 11.8 Å². The van der Waals surface area contributed by atoms with Crippen LogP contribution >= 0.6 is 22.9 Å². The molecule has 14 heteroatoms. The molecule has 9 rings (SSSR count). The van der Waals surface area contributed by atoms with Crippen LogP contribution in [0.25, 0.3) is 20.7 Å². The summed E-state index contributed by atoms with van der Waals surface area (Å²) in [5, 5.41) is 18.1. The highest BCUT2D eigenvalue weighted by atomic mass is 35.5. The van der Waals surface area contributed by atoms with E-state index in [4.69, 9.17) is 21.4 Å². The van der Waals surface area contributed by atoms with Crippen molar-refractivity contribution in [1.29, 1.82) is 0 Å². The second kappa shape index (κ2) is 12.2. The van der Waals surface area contributed by atoms with Gasteiger partial charge in [0.15, 0.2) is 0 Å². The second-order valence-corrected chi connectivity index (χ2v) is 15.9. The molecule has 0 spiro atoms. The monoisotopic (exact) mass is 762 g/mol. The van der Waals surface area contributed by atoms with Gasteiger partial charge in [-0.2, -0.15) is 5.10 Å². The summed E-state index contributed by atoms with van der Waals surface area (Å²) in [6.45, 7) is 4.14. The van der Waals surface area contributed by atoms with Crippen LogP contribution in [-0.2, 0) is 36.8 Å². The van der Waals surface area contributed by atoms with Crippen molar-refractivity contribution in [2.24, 2.45) is 25.4 Å². The molecule has 4 unspecified atom stereocenters. The van der Waals surface area contributed by atoms with Gasteiger partial charge in [-0.25, -0.2) is 28.4 Å². The minimum absolute atomic E-state index is 0.0910. The third-order valence-corrected chi connectivity index (χ3v) is 13.0. The van der Waals surface area contributed by atoms with E-state index in [9.17, 15) is 19.5 Å². The lowest BCUT2D eigenvalue weighted by atomic mass is 9.56. The Balaban J connectivity index is 1.15. The number of halogens is 1. The quantitative estimate of drug-likeness (QED) is 0.161. The number of carbonyl (C=O) groups excluding carboxylic acids is 2. The maximum Gasteiger partial charge on any atom is 0.347 e. The van der Waals surface area contributed by atoms with E-state index in [1.807, 2.05) is 61.5 Å². The molecule has 1 saturated carbocycles. The van der Waals surface area contributed by atoms with Crippen LogP contribution in [0.3, 0.4) is 0 Å². The largest absolute Gasteiger partial charge is 0.508 e. The topological polar surface area (TPSA) is 134 Å². The first-order valence-electron chi connectivity index (χ1n) is 17.6. The molecule has 274 valence electrons. The Hall–Kier alpha value is -5.66. The van der Waals surface area contributed by atoms with Gasteiger partial charge in [0.1, 0.15) is 29.6 Å². The number of ether oxygens (including phenoxy) is 1. The van der Waals surface area contributed by atoms with E-state index in [-0.39, 0.29) is 25.3 Å². The van der Waals surface area contributed by atoms with E-state index in [2.05, 4.69) is 0 Å². The lowest BCUT2D eigenvalue weighted by Crippen LogP contribution is -2.49. The normalized spacial score (nSPS) is 22.0. The first-order chi connectivity index (χ1) is 25.9. The van der Waals surface area contributed by atoms with Crippen molar-refractivity contribution in [1.82, 2.24) is 23.7 Å². The molecule has 0 radical (unpaired) electrons. The minimum atomic E-state index is -1.38. The number of carbonyl (C=O) groups is 2. The highest BCUT2D eigenvalue weighted by Crippen LogP contribution is 2.62. The summed E-state index contributed by atoms with van der Waals surface area (Å²) in [5.41, 5.74) is 1.29. The number of anilines is 1. The van der Waals surface area contributed by atoms with Crippen LogP contribution in [0.1, 0.15) is 42.0 Å². The highest BCUT2D eigenvalue weighted by Gasteiger charge is 2.66. The molecule has 2 aliphatic heterocycles. The molecular formula is C40H35ClN6O6S. The van der Waals surface area contributed by atoms with Crippen LogP contribution in [-0.4, -0.2) is 40.6 Å². The Morgan fingerprint density at radius 3 is 2.54 bits per heavy atom. The zero-order valence-electron chi connectivity index (χ0n) is 29.8. The van der Waals surface area contributed by atoms with Gasteiger partial charge in [0, 0.05) is 47.4 Å². The standard InChI is InChI=1S/C40H35ClN6O6S/c1-21-27-16-23(41)10-13-32(27)54-35(21)29-19-33(44(4)42-29)46-36(49)28-18-30-25(14-15-45-38(51)43(3)39(52)47(30)45)34(40(28,2)37(46)50)26-12-11-24(17-31(26)48)53-20-22-8-6-5-7-9-22/h5-14,16-17,19,28,30,34,48H,15,18,20H2,1-4H3. The second-order valence-electron chi connectivity index (χ2n) is 14.5. The van der Waals surface area contributed by atoms with Crippen molar-refractivity contribution in [2.75, 3.05) is 4.90 Å².